The van der Waals surface area contributed by atoms with Gasteiger partial charge in [0.2, 0.25) is 5.91 Å². The van der Waals surface area contributed by atoms with Crippen LogP contribution in [0.3, 0.4) is 0 Å². The van der Waals surface area contributed by atoms with Gasteiger partial charge in [-0.25, -0.2) is 4.98 Å². The Balaban J connectivity index is 1.55. The van der Waals surface area contributed by atoms with Crippen LogP contribution in [0.4, 0.5) is 5.13 Å². The van der Waals surface area contributed by atoms with Crippen LogP contribution in [0.1, 0.15) is 40.1 Å². The van der Waals surface area contributed by atoms with Crippen LogP contribution in [0, 0.1) is 13.8 Å². The number of carbonyl (C=O) groups excluding carboxylic acids is 2. The summed E-state index contributed by atoms with van der Waals surface area (Å²) in [6.07, 6.45) is 1.27. The van der Waals surface area contributed by atoms with E-state index < -0.39 is 0 Å². The molecule has 0 saturated heterocycles. The number of benzene rings is 1. The zero-order valence-electron chi connectivity index (χ0n) is 13.6. The lowest BCUT2D eigenvalue weighted by molar-refractivity contribution is -0.116. The van der Waals surface area contributed by atoms with Gasteiger partial charge in [0.05, 0.1) is 15.1 Å². The number of nitrogens with zero attached hydrogens (tertiary/aromatic N) is 1. The number of nitrogens with one attached hydrogen (secondary N) is 1. The highest BCUT2D eigenvalue weighted by molar-refractivity contribution is 7.22. The van der Waals surface area contributed by atoms with Gasteiger partial charge in [-0.2, -0.15) is 0 Å². The molecule has 0 spiro atoms. The fourth-order valence-electron chi connectivity index (χ4n) is 2.58. The number of hydrogen-bond acceptors (Lipinski definition) is 5. The summed E-state index contributed by atoms with van der Waals surface area (Å²) in [7, 11) is 0. The smallest absolute Gasteiger partial charge is 0.226 e. The molecule has 0 aliphatic carbocycles. The lowest BCUT2D eigenvalue weighted by Crippen LogP contribution is -2.11. The third kappa shape index (κ3) is 3.88. The average Bonchev–Trinajstić information content (AvgIpc) is 3.16. The highest BCUT2D eigenvalue weighted by atomic mass is 32.1. The Morgan fingerprint density at radius 2 is 2.04 bits per heavy atom. The maximum atomic E-state index is 12.1. The molecule has 4 nitrogen and oxygen atoms in total. The van der Waals surface area contributed by atoms with Crippen LogP contribution >= 0.6 is 22.7 Å². The normalized spacial score (nSPS) is 10.9. The first-order valence-corrected chi connectivity index (χ1v) is 9.47. The largest absolute Gasteiger partial charge is 0.302 e. The number of thiophene rings is 1. The maximum absolute atomic E-state index is 12.1. The molecule has 124 valence electrons. The van der Waals surface area contributed by atoms with Gasteiger partial charge < -0.3 is 5.32 Å². The van der Waals surface area contributed by atoms with Gasteiger partial charge in [0.15, 0.2) is 10.9 Å². The first kappa shape index (κ1) is 16.8. The molecule has 0 unspecified atom stereocenters. The number of hydrogen-bond donors (Lipinski definition) is 1. The van der Waals surface area contributed by atoms with Gasteiger partial charge in [-0.1, -0.05) is 23.5 Å². The molecule has 1 aromatic carbocycles. The monoisotopic (exact) mass is 358 g/mol. The van der Waals surface area contributed by atoms with Crippen LogP contribution in [-0.2, 0) is 4.79 Å². The third-order valence-electron chi connectivity index (χ3n) is 3.68. The molecule has 2 heterocycles. The Hall–Kier alpha value is -2.05. The fraction of sp³-hybridized carbons (Fsp3) is 0.278. The summed E-state index contributed by atoms with van der Waals surface area (Å²) < 4.78 is 1.08. The Kier molecular flexibility index (Phi) is 5.06. The zero-order chi connectivity index (χ0) is 17.1. The minimum absolute atomic E-state index is 0.0950. The van der Waals surface area contributed by atoms with Gasteiger partial charge >= 0.3 is 0 Å². The molecule has 0 fully saturated rings. The van der Waals surface area contributed by atoms with E-state index in [1.165, 1.54) is 28.2 Å². The lowest BCUT2D eigenvalue weighted by Gasteiger charge is -2.01. The van der Waals surface area contributed by atoms with E-state index >= 15 is 0 Å². The highest BCUT2D eigenvalue weighted by Gasteiger charge is 2.11. The first-order valence-electron chi connectivity index (χ1n) is 7.77. The van der Waals surface area contributed by atoms with E-state index in [0.29, 0.717) is 24.4 Å². The number of Topliss-reactive ketones (excluding diaryl/α,β-unsaturated/α-hetero) is 1. The number of aryl methyl sites for hydroxylation is 2. The summed E-state index contributed by atoms with van der Waals surface area (Å²) >= 11 is 2.92. The van der Waals surface area contributed by atoms with Crippen LogP contribution in [-0.4, -0.2) is 16.7 Å². The Bertz CT molecular complexity index is 882. The van der Waals surface area contributed by atoms with Gasteiger partial charge in [0, 0.05) is 12.8 Å². The van der Waals surface area contributed by atoms with Gasteiger partial charge in [-0.05, 0) is 48.9 Å². The van der Waals surface area contributed by atoms with Crippen LogP contribution < -0.4 is 5.32 Å². The second kappa shape index (κ2) is 7.23. The topological polar surface area (TPSA) is 59.1 Å². The van der Waals surface area contributed by atoms with Crippen molar-refractivity contribution < 1.29 is 9.59 Å². The molecular formula is C18H18N2O2S2. The molecule has 0 saturated carbocycles. The maximum Gasteiger partial charge on any atom is 0.226 e. The summed E-state index contributed by atoms with van der Waals surface area (Å²) in [5.74, 6) is 0.00583. The number of ketones is 1. The van der Waals surface area contributed by atoms with Crippen LogP contribution in [0.15, 0.2) is 29.6 Å². The van der Waals surface area contributed by atoms with Crippen molar-refractivity contribution in [2.75, 3.05) is 5.32 Å². The number of rotatable bonds is 6. The van der Waals surface area contributed by atoms with Crippen molar-refractivity contribution in [3.63, 3.8) is 0 Å². The fourth-order valence-corrected chi connectivity index (χ4v) is 4.33. The molecule has 0 radical (unpaired) electrons. The number of thiazole rings is 1. The van der Waals surface area contributed by atoms with E-state index in [-0.39, 0.29) is 11.7 Å². The van der Waals surface area contributed by atoms with E-state index in [0.717, 1.165) is 20.7 Å². The number of carbonyl (C=O) groups is 2. The van der Waals surface area contributed by atoms with Crippen molar-refractivity contribution in [1.29, 1.82) is 0 Å². The summed E-state index contributed by atoms with van der Waals surface area (Å²) in [5, 5.41) is 5.35. The van der Waals surface area contributed by atoms with E-state index in [2.05, 4.69) is 29.4 Å². The molecule has 0 aliphatic heterocycles. The van der Waals surface area contributed by atoms with E-state index in [1.807, 2.05) is 24.4 Å². The quantitative estimate of drug-likeness (QED) is 0.633. The third-order valence-corrected chi connectivity index (χ3v) is 5.51. The molecule has 0 aliphatic rings. The van der Waals surface area contributed by atoms with Gasteiger partial charge in [-0.3, -0.25) is 9.59 Å². The molecule has 6 heteroatoms. The number of anilines is 1. The van der Waals surface area contributed by atoms with Crippen molar-refractivity contribution in [1.82, 2.24) is 4.98 Å². The average molecular weight is 358 g/mol. The van der Waals surface area contributed by atoms with Gasteiger partial charge in [0.1, 0.15) is 0 Å². The van der Waals surface area contributed by atoms with Gasteiger partial charge in [0.25, 0.3) is 0 Å². The molecule has 24 heavy (non-hydrogen) atoms. The van der Waals surface area contributed by atoms with Crippen LogP contribution in [0.2, 0.25) is 0 Å². The second-order valence-electron chi connectivity index (χ2n) is 5.75. The van der Waals surface area contributed by atoms with Gasteiger partial charge in [-0.15, -0.1) is 11.3 Å². The van der Waals surface area contributed by atoms with Crippen molar-refractivity contribution in [3.05, 3.63) is 45.6 Å². The predicted octanol–water partition coefficient (Wildman–Crippen LogP) is 4.97. The molecule has 3 aromatic rings. The second-order valence-corrected chi connectivity index (χ2v) is 7.73. The van der Waals surface area contributed by atoms with E-state index in [1.54, 1.807) is 0 Å². The van der Waals surface area contributed by atoms with Crippen molar-refractivity contribution >= 4 is 49.7 Å². The Morgan fingerprint density at radius 3 is 2.79 bits per heavy atom. The molecule has 0 atom stereocenters. The standard InChI is InChI=1S/C18H18N2O2S2/c1-11-9-12(2)17-15(10-11)24-18(20-17)19-16(22)7-3-5-13(21)14-6-4-8-23-14/h4,6,8-10H,3,5,7H2,1-2H3,(H,19,20,22). The Morgan fingerprint density at radius 1 is 1.21 bits per heavy atom. The van der Waals surface area contributed by atoms with Crippen LogP contribution in [0.25, 0.3) is 10.2 Å². The molecule has 1 amide bonds. The van der Waals surface area contributed by atoms with E-state index in [4.69, 9.17) is 0 Å². The lowest BCUT2D eigenvalue weighted by atomic mass is 10.1. The predicted molar refractivity (Wildman–Crippen MR) is 100 cm³/mol. The summed E-state index contributed by atoms with van der Waals surface area (Å²) in [4.78, 5) is 29.2. The number of aromatic nitrogens is 1. The van der Waals surface area contributed by atoms with E-state index in [9.17, 15) is 9.59 Å². The van der Waals surface area contributed by atoms with Crippen LogP contribution in [0.5, 0.6) is 0 Å². The van der Waals surface area contributed by atoms with Crippen molar-refractivity contribution in [3.8, 4) is 0 Å². The molecule has 0 bridgehead atoms. The number of fused-ring (bicyclic) bond motifs is 1. The Labute approximate surface area is 148 Å². The first-order chi connectivity index (χ1) is 11.5. The highest BCUT2D eigenvalue weighted by Crippen LogP contribution is 2.29. The van der Waals surface area contributed by atoms with Crippen molar-refractivity contribution in [2.45, 2.75) is 33.1 Å². The summed E-state index contributed by atoms with van der Waals surface area (Å²) in [6, 6.07) is 7.85. The molecule has 2 aromatic heterocycles. The van der Waals surface area contributed by atoms with Crippen molar-refractivity contribution in [2.24, 2.45) is 0 Å². The minimum Gasteiger partial charge on any atom is -0.302 e. The SMILES string of the molecule is Cc1cc(C)c2nc(NC(=O)CCCC(=O)c3cccs3)sc2c1. The zero-order valence-corrected chi connectivity index (χ0v) is 15.2. The summed E-state index contributed by atoms with van der Waals surface area (Å²) in [6.45, 7) is 4.08. The summed E-state index contributed by atoms with van der Waals surface area (Å²) in [5.41, 5.74) is 3.24. The molecule has 1 N–H and O–H groups in total. The molecule has 3 rings (SSSR count). The number of amides is 1. The minimum atomic E-state index is -0.0950. The molecular weight excluding hydrogens is 340 g/mol.